The maximum Gasteiger partial charge on any atom is 0.171 e. The lowest BCUT2D eigenvalue weighted by Crippen LogP contribution is -1.91. The number of benzene rings is 2. The van der Waals surface area contributed by atoms with E-state index in [9.17, 15) is 0 Å². The molecule has 3 aromatic rings. The summed E-state index contributed by atoms with van der Waals surface area (Å²) in [6, 6.07) is 13.5. The number of ether oxygens (including phenoxy) is 2. The van der Waals surface area contributed by atoms with Crippen molar-refractivity contribution in [1.82, 2.24) is 5.16 Å². The maximum absolute atomic E-state index is 5.51. The first-order valence-electron chi connectivity index (χ1n) is 6.48. The van der Waals surface area contributed by atoms with E-state index in [1.807, 2.05) is 49.4 Å². The van der Waals surface area contributed by atoms with Gasteiger partial charge < -0.3 is 14.0 Å². The molecular weight excluding hydrogens is 254 g/mol. The van der Waals surface area contributed by atoms with E-state index >= 15 is 0 Å². The minimum atomic E-state index is 0.639. The molecular formula is C16H15NO3. The quantitative estimate of drug-likeness (QED) is 0.720. The second kappa shape index (κ2) is 5.25. The summed E-state index contributed by atoms with van der Waals surface area (Å²) >= 11 is 0. The van der Waals surface area contributed by atoms with Crippen LogP contribution >= 0.6 is 0 Å². The Morgan fingerprint density at radius 3 is 2.80 bits per heavy atom. The summed E-state index contributed by atoms with van der Waals surface area (Å²) in [7, 11) is 1.63. The van der Waals surface area contributed by atoms with Gasteiger partial charge in [-0.3, -0.25) is 0 Å². The second-order valence-electron chi connectivity index (χ2n) is 4.35. The number of hydrogen-bond donors (Lipinski definition) is 0. The van der Waals surface area contributed by atoms with Crippen molar-refractivity contribution in [2.45, 2.75) is 6.92 Å². The molecule has 0 fully saturated rings. The fourth-order valence-corrected chi connectivity index (χ4v) is 2.15. The van der Waals surface area contributed by atoms with Crippen LogP contribution in [0.2, 0.25) is 0 Å². The van der Waals surface area contributed by atoms with E-state index in [1.54, 1.807) is 7.11 Å². The molecule has 0 saturated heterocycles. The number of nitrogens with zero attached hydrogens (tertiary/aromatic N) is 1. The number of fused-ring (bicyclic) bond motifs is 1. The third kappa shape index (κ3) is 2.20. The number of methoxy groups -OCH3 is 1. The van der Waals surface area contributed by atoms with Gasteiger partial charge in [-0.2, -0.15) is 0 Å². The van der Waals surface area contributed by atoms with Crippen molar-refractivity contribution in [1.29, 1.82) is 0 Å². The molecule has 20 heavy (non-hydrogen) atoms. The van der Waals surface area contributed by atoms with Crippen LogP contribution in [0.5, 0.6) is 11.5 Å². The van der Waals surface area contributed by atoms with Crippen molar-refractivity contribution in [2.24, 2.45) is 0 Å². The molecule has 0 aliphatic carbocycles. The highest BCUT2D eigenvalue weighted by atomic mass is 16.5. The topological polar surface area (TPSA) is 44.5 Å². The molecule has 0 N–H and O–H groups in total. The number of rotatable bonds is 4. The van der Waals surface area contributed by atoms with Gasteiger partial charge in [0.2, 0.25) is 0 Å². The molecule has 4 heteroatoms. The van der Waals surface area contributed by atoms with E-state index in [0.29, 0.717) is 12.2 Å². The van der Waals surface area contributed by atoms with E-state index in [1.165, 1.54) is 0 Å². The first kappa shape index (κ1) is 12.5. The average molecular weight is 269 g/mol. The predicted octanol–water partition coefficient (Wildman–Crippen LogP) is 3.90. The monoisotopic (exact) mass is 269 g/mol. The number of hydrogen-bond acceptors (Lipinski definition) is 4. The fourth-order valence-electron chi connectivity index (χ4n) is 2.15. The SMILES string of the molecule is CCOc1cccc(-c2noc3cc(OC)ccc23)c1. The van der Waals surface area contributed by atoms with Gasteiger partial charge in [0.15, 0.2) is 5.58 Å². The molecule has 0 atom stereocenters. The first-order chi connectivity index (χ1) is 9.81. The molecule has 0 aliphatic heterocycles. The van der Waals surface area contributed by atoms with Crippen LogP contribution in [-0.4, -0.2) is 18.9 Å². The second-order valence-corrected chi connectivity index (χ2v) is 4.35. The summed E-state index contributed by atoms with van der Waals surface area (Å²) in [4.78, 5) is 0. The zero-order chi connectivity index (χ0) is 13.9. The van der Waals surface area contributed by atoms with Crippen LogP contribution in [0.4, 0.5) is 0 Å². The molecule has 0 radical (unpaired) electrons. The fraction of sp³-hybridized carbons (Fsp3) is 0.188. The van der Waals surface area contributed by atoms with Crippen LogP contribution in [0.3, 0.4) is 0 Å². The largest absolute Gasteiger partial charge is 0.497 e. The average Bonchev–Trinajstić information content (AvgIpc) is 2.90. The number of aromatic nitrogens is 1. The van der Waals surface area contributed by atoms with Crippen LogP contribution < -0.4 is 9.47 Å². The van der Waals surface area contributed by atoms with Gasteiger partial charge in [-0.1, -0.05) is 17.3 Å². The molecule has 1 aromatic heterocycles. The van der Waals surface area contributed by atoms with Gasteiger partial charge in [0.1, 0.15) is 17.2 Å². The highest BCUT2D eigenvalue weighted by Crippen LogP contribution is 2.31. The van der Waals surface area contributed by atoms with Crippen LogP contribution in [0.15, 0.2) is 47.0 Å². The molecule has 102 valence electrons. The lowest BCUT2D eigenvalue weighted by molar-refractivity contribution is 0.340. The Labute approximate surface area is 116 Å². The Morgan fingerprint density at radius 2 is 2.00 bits per heavy atom. The Bertz CT molecular complexity index is 733. The molecule has 0 spiro atoms. The van der Waals surface area contributed by atoms with E-state index < -0.39 is 0 Å². The van der Waals surface area contributed by atoms with Crippen molar-refractivity contribution in [3.8, 4) is 22.8 Å². The standard InChI is InChI=1S/C16H15NO3/c1-3-19-13-6-4-5-11(9-13)16-14-8-7-12(18-2)10-15(14)20-17-16/h4-10H,3H2,1-2H3. The van der Waals surface area contributed by atoms with Crippen LogP contribution in [0.1, 0.15) is 6.92 Å². The Balaban J connectivity index is 2.07. The highest BCUT2D eigenvalue weighted by Gasteiger charge is 2.11. The molecule has 0 unspecified atom stereocenters. The Kier molecular flexibility index (Phi) is 3.29. The van der Waals surface area contributed by atoms with Crippen LogP contribution in [-0.2, 0) is 0 Å². The maximum atomic E-state index is 5.51. The van der Waals surface area contributed by atoms with E-state index in [-0.39, 0.29) is 0 Å². The third-order valence-corrected chi connectivity index (χ3v) is 3.10. The Morgan fingerprint density at radius 1 is 1.10 bits per heavy atom. The zero-order valence-electron chi connectivity index (χ0n) is 11.4. The molecule has 2 aromatic carbocycles. The molecule has 1 heterocycles. The summed E-state index contributed by atoms with van der Waals surface area (Å²) in [5.41, 5.74) is 2.49. The lowest BCUT2D eigenvalue weighted by atomic mass is 10.1. The van der Waals surface area contributed by atoms with Crippen LogP contribution in [0, 0.1) is 0 Å². The van der Waals surface area contributed by atoms with E-state index in [4.69, 9.17) is 14.0 Å². The summed E-state index contributed by atoms with van der Waals surface area (Å²) in [5.74, 6) is 1.58. The lowest BCUT2D eigenvalue weighted by Gasteiger charge is -2.04. The molecule has 0 aliphatic rings. The summed E-state index contributed by atoms with van der Waals surface area (Å²) < 4.78 is 16.1. The molecule has 0 saturated carbocycles. The Hall–Kier alpha value is -2.49. The van der Waals surface area contributed by atoms with Crippen molar-refractivity contribution < 1.29 is 14.0 Å². The van der Waals surface area contributed by atoms with Gasteiger partial charge >= 0.3 is 0 Å². The minimum absolute atomic E-state index is 0.639. The van der Waals surface area contributed by atoms with Crippen molar-refractivity contribution in [3.63, 3.8) is 0 Å². The smallest absolute Gasteiger partial charge is 0.171 e. The van der Waals surface area contributed by atoms with Crippen molar-refractivity contribution in [2.75, 3.05) is 13.7 Å². The molecule has 0 bridgehead atoms. The molecule has 3 rings (SSSR count). The van der Waals surface area contributed by atoms with Crippen molar-refractivity contribution >= 4 is 11.0 Å². The molecule has 0 amide bonds. The van der Waals surface area contributed by atoms with Crippen LogP contribution in [0.25, 0.3) is 22.2 Å². The van der Waals surface area contributed by atoms with Gasteiger partial charge in [0, 0.05) is 17.0 Å². The zero-order valence-corrected chi connectivity index (χ0v) is 11.4. The van der Waals surface area contributed by atoms with E-state index in [2.05, 4.69) is 5.16 Å². The normalized spacial score (nSPS) is 10.7. The molecule has 4 nitrogen and oxygen atoms in total. The van der Waals surface area contributed by atoms with Gasteiger partial charge in [0.25, 0.3) is 0 Å². The van der Waals surface area contributed by atoms with Gasteiger partial charge in [-0.25, -0.2) is 0 Å². The van der Waals surface area contributed by atoms with Gasteiger partial charge in [-0.15, -0.1) is 0 Å². The third-order valence-electron chi connectivity index (χ3n) is 3.10. The highest BCUT2D eigenvalue weighted by molar-refractivity contribution is 5.92. The van der Waals surface area contributed by atoms with E-state index in [0.717, 1.165) is 28.1 Å². The van der Waals surface area contributed by atoms with Gasteiger partial charge in [0.05, 0.1) is 13.7 Å². The summed E-state index contributed by atoms with van der Waals surface area (Å²) in [6.45, 7) is 2.60. The van der Waals surface area contributed by atoms with Crippen molar-refractivity contribution in [3.05, 3.63) is 42.5 Å². The minimum Gasteiger partial charge on any atom is -0.497 e. The first-order valence-corrected chi connectivity index (χ1v) is 6.48. The summed E-state index contributed by atoms with van der Waals surface area (Å²) in [5, 5.41) is 5.11. The summed E-state index contributed by atoms with van der Waals surface area (Å²) in [6.07, 6.45) is 0. The van der Waals surface area contributed by atoms with Gasteiger partial charge in [-0.05, 0) is 31.2 Å². The predicted molar refractivity (Wildman–Crippen MR) is 77.2 cm³/mol.